The molecule has 0 aliphatic carbocycles. The maximum absolute atomic E-state index is 10.3. The van der Waals surface area contributed by atoms with Crippen molar-refractivity contribution in [1.29, 1.82) is 0 Å². The molecule has 0 bridgehead atoms. The SMILES string of the molecule is CN(C=CC(=O)O)C1CCNCC1. The van der Waals surface area contributed by atoms with Crippen LogP contribution in [-0.4, -0.2) is 42.2 Å². The van der Waals surface area contributed by atoms with Crippen molar-refractivity contribution in [2.24, 2.45) is 0 Å². The largest absolute Gasteiger partial charge is 0.478 e. The van der Waals surface area contributed by atoms with Gasteiger partial charge in [0.05, 0.1) is 0 Å². The average molecular weight is 184 g/mol. The Morgan fingerprint density at radius 2 is 2.15 bits per heavy atom. The lowest BCUT2D eigenvalue weighted by Gasteiger charge is -2.30. The lowest BCUT2D eigenvalue weighted by Crippen LogP contribution is -2.38. The van der Waals surface area contributed by atoms with Crippen molar-refractivity contribution in [3.63, 3.8) is 0 Å². The Morgan fingerprint density at radius 1 is 1.54 bits per heavy atom. The molecule has 1 fully saturated rings. The van der Waals surface area contributed by atoms with E-state index in [0.717, 1.165) is 25.9 Å². The predicted octanol–water partition coefficient (Wildman–Crippen LogP) is 0.269. The molecule has 13 heavy (non-hydrogen) atoms. The molecule has 0 atom stereocenters. The van der Waals surface area contributed by atoms with Crippen LogP contribution in [0.2, 0.25) is 0 Å². The molecule has 1 heterocycles. The first kappa shape index (κ1) is 10.1. The summed E-state index contributed by atoms with van der Waals surface area (Å²) in [5.41, 5.74) is 0. The Morgan fingerprint density at radius 3 is 2.69 bits per heavy atom. The molecule has 1 rings (SSSR count). The highest BCUT2D eigenvalue weighted by Crippen LogP contribution is 2.09. The highest BCUT2D eigenvalue weighted by molar-refractivity contribution is 5.79. The summed E-state index contributed by atoms with van der Waals surface area (Å²) in [6.07, 6.45) is 4.99. The zero-order valence-electron chi connectivity index (χ0n) is 7.86. The minimum atomic E-state index is -0.888. The number of carboxylic acids is 1. The summed E-state index contributed by atoms with van der Waals surface area (Å²) in [6.45, 7) is 2.05. The van der Waals surface area contributed by atoms with Crippen molar-refractivity contribution in [1.82, 2.24) is 10.2 Å². The molecule has 0 aromatic carbocycles. The normalized spacial score (nSPS) is 19.2. The van der Waals surface area contributed by atoms with Crippen molar-refractivity contribution in [2.45, 2.75) is 18.9 Å². The van der Waals surface area contributed by atoms with Gasteiger partial charge in [-0.1, -0.05) is 0 Å². The van der Waals surface area contributed by atoms with E-state index in [-0.39, 0.29) is 0 Å². The zero-order chi connectivity index (χ0) is 9.68. The summed E-state index contributed by atoms with van der Waals surface area (Å²) in [5, 5.41) is 11.7. The standard InChI is InChI=1S/C9H16N2O2/c1-11(7-4-9(12)13)8-2-5-10-6-3-8/h4,7-8,10H,2-3,5-6H2,1H3,(H,12,13). The molecule has 1 aliphatic rings. The number of rotatable bonds is 3. The highest BCUT2D eigenvalue weighted by Gasteiger charge is 2.14. The van der Waals surface area contributed by atoms with Gasteiger partial charge in [0.25, 0.3) is 0 Å². The predicted molar refractivity (Wildman–Crippen MR) is 50.4 cm³/mol. The maximum Gasteiger partial charge on any atom is 0.329 e. The van der Waals surface area contributed by atoms with Crippen molar-refractivity contribution < 1.29 is 9.90 Å². The van der Waals surface area contributed by atoms with E-state index in [1.165, 1.54) is 6.08 Å². The molecule has 0 amide bonds. The quantitative estimate of drug-likeness (QED) is 0.618. The Bertz CT molecular complexity index is 198. The minimum Gasteiger partial charge on any atom is -0.478 e. The molecule has 1 aliphatic heterocycles. The van der Waals surface area contributed by atoms with E-state index in [9.17, 15) is 4.79 Å². The van der Waals surface area contributed by atoms with E-state index in [1.807, 2.05) is 11.9 Å². The molecular weight excluding hydrogens is 168 g/mol. The molecule has 4 nitrogen and oxygen atoms in total. The number of carbonyl (C=O) groups is 1. The molecule has 0 aromatic rings. The van der Waals surface area contributed by atoms with Crippen LogP contribution < -0.4 is 5.32 Å². The maximum atomic E-state index is 10.3. The van der Waals surface area contributed by atoms with Crippen molar-refractivity contribution >= 4 is 5.97 Å². The van der Waals surface area contributed by atoms with Crippen LogP contribution in [0.15, 0.2) is 12.3 Å². The van der Waals surface area contributed by atoms with Gasteiger partial charge in [0.2, 0.25) is 0 Å². The Labute approximate surface area is 78.2 Å². The summed E-state index contributed by atoms with van der Waals surface area (Å²) in [7, 11) is 1.93. The fraction of sp³-hybridized carbons (Fsp3) is 0.667. The smallest absolute Gasteiger partial charge is 0.329 e. The van der Waals surface area contributed by atoms with E-state index in [2.05, 4.69) is 5.32 Å². The number of nitrogens with zero attached hydrogens (tertiary/aromatic N) is 1. The zero-order valence-corrected chi connectivity index (χ0v) is 7.86. The third kappa shape index (κ3) is 3.46. The van der Waals surface area contributed by atoms with Crippen LogP contribution in [0.4, 0.5) is 0 Å². The first-order valence-electron chi connectivity index (χ1n) is 4.54. The molecule has 0 aromatic heterocycles. The highest BCUT2D eigenvalue weighted by atomic mass is 16.4. The number of hydrogen-bond acceptors (Lipinski definition) is 3. The number of hydrogen-bond donors (Lipinski definition) is 2. The number of piperidine rings is 1. The fourth-order valence-corrected chi connectivity index (χ4v) is 1.52. The van der Waals surface area contributed by atoms with Crippen molar-refractivity contribution in [3.8, 4) is 0 Å². The summed E-state index contributed by atoms with van der Waals surface area (Å²) in [4.78, 5) is 12.2. The Kier molecular flexibility index (Phi) is 3.76. The first-order chi connectivity index (χ1) is 6.20. The third-order valence-electron chi connectivity index (χ3n) is 2.34. The van der Waals surface area contributed by atoms with Crippen LogP contribution in [0, 0.1) is 0 Å². The molecular formula is C9H16N2O2. The van der Waals surface area contributed by atoms with Gasteiger partial charge in [-0.3, -0.25) is 0 Å². The molecule has 4 heteroatoms. The second-order valence-corrected chi connectivity index (χ2v) is 3.30. The minimum absolute atomic E-state index is 0.483. The van der Waals surface area contributed by atoms with Gasteiger partial charge >= 0.3 is 5.97 Å². The van der Waals surface area contributed by atoms with Gasteiger partial charge in [0, 0.05) is 25.4 Å². The van der Waals surface area contributed by atoms with E-state index in [1.54, 1.807) is 6.20 Å². The van der Waals surface area contributed by atoms with Crippen molar-refractivity contribution in [3.05, 3.63) is 12.3 Å². The molecule has 74 valence electrons. The van der Waals surface area contributed by atoms with Gasteiger partial charge in [-0.25, -0.2) is 4.79 Å². The molecule has 0 saturated carbocycles. The van der Waals surface area contributed by atoms with E-state index < -0.39 is 5.97 Å². The second-order valence-electron chi connectivity index (χ2n) is 3.30. The van der Waals surface area contributed by atoms with Crippen LogP contribution in [0.1, 0.15) is 12.8 Å². The van der Waals surface area contributed by atoms with Crippen molar-refractivity contribution in [2.75, 3.05) is 20.1 Å². The topological polar surface area (TPSA) is 52.6 Å². The van der Waals surface area contributed by atoms with Gasteiger partial charge in [0.15, 0.2) is 0 Å². The van der Waals surface area contributed by atoms with E-state index in [0.29, 0.717) is 6.04 Å². The lowest BCUT2D eigenvalue weighted by atomic mass is 10.1. The van der Waals surface area contributed by atoms with Crippen LogP contribution in [-0.2, 0) is 4.79 Å². The summed E-state index contributed by atoms with van der Waals surface area (Å²) in [5.74, 6) is -0.888. The molecule has 0 unspecified atom stereocenters. The monoisotopic (exact) mass is 184 g/mol. The van der Waals surface area contributed by atoms with Gasteiger partial charge in [-0.05, 0) is 25.9 Å². The molecule has 1 saturated heterocycles. The van der Waals surface area contributed by atoms with Gasteiger partial charge in [0.1, 0.15) is 0 Å². The molecule has 0 radical (unpaired) electrons. The van der Waals surface area contributed by atoms with Crippen LogP contribution in [0.3, 0.4) is 0 Å². The summed E-state index contributed by atoms with van der Waals surface area (Å²) in [6, 6.07) is 0.483. The number of carboxylic acid groups (broad SMARTS) is 1. The van der Waals surface area contributed by atoms with Crippen LogP contribution in [0.5, 0.6) is 0 Å². The lowest BCUT2D eigenvalue weighted by molar-refractivity contribution is -0.131. The average Bonchev–Trinajstić information content (AvgIpc) is 2.15. The Balaban J connectivity index is 2.36. The second kappa shape index (κ2) is 4.87. The number of aliphatic carboxylic acids is 1. The molecule has 2 N–H and O–H groups in total. The fourth-order valence-electron chi connectivity index (χ4n) is 1.52. The van der Waals surface area contributed by atoms with Gasteiger partial charge in [-0.15, -0.1) is 0 Å². The van der Waals surface area contributed by atoms with Gasteiger partial charge in [-0.2, -0.15) is 0 Å². The summed E-state index contributed by atoms with van der Waals surface area (Å²) < 4.78 is 0. The van der Waals surface area contributed by atoms with Gasteiger partial charge < -0.3 is 15.3 Å². The summed E-state index contributed by atoms with van der Waals surface area (Å²) >= 11 is 0. The van der Waals surface area contributed by atoms with E-state index in [4.69, 9.17) is 5.11 Å². The Hall–Kier alpha value is -1.03. The van der Waals surface area contributed by atoms with E-state index >= 15 is 0 Å². The molecule has 0 spiro atoms. The number of nitrogens with one attached hydrogen (secondary N) is 1. The third-order valence-corrected chi connectivity index (χ3v) is 2.34. The van der Waals surface area contributed by atoms with Crippen LogP contribution >= 0.6 is 0 Å². The first-order valence-corrected chi connectivity index (χ1v) is 4.54. The van der Waals surface area contributed by atoms with Crippen LogP contribution in [0.25, 0.3) is 0 Å².